The number of benzene rings is 2. The molecule has 0 saturated heterocycles. The van der Waals surface area contributed by atoms with E-state index in [0.717, 1.165) is 16.6 Å². The summed E-state index contributed by atoms with van der Waals surface area (Å²) in [5.74, 6) is 1.06. The number of carbonyl (C=O) groups excluding carboxylic acids is 1. The van der Waals surface area contributed by atoms with Crippen LogP contribution in [-0.4, -0.2) is 29.6 Å². The van der Waals surface area contributed by atoms with Gasteiger partial charge in [0.25, 0.3) is 5.91 Å². The van der Waals surface area contributed by atoms with E-state index in [2.05, 4.69) is 25.9 Å². The first-order valence-corrected chi connectivity index (χ1v) is 7.61. The molecule has 0 bridgehead atoms. The molecule has 0 spiro atoms. The Hall–Kier alpha value is -2.54. The Labute approximate surface area is 140 Å². The maximum Gasteiger partial charge on any atom is 0.255 e. The summed E-state index contributed by atoms with van der Waals surface area (Å²) in [5, 5.41) is 0. The molecule has 1 heterocycles. The number of amides is 1. The molecule has 7 heteroatoms. The summed E-state index contributed by atoms with van der Waals surface area (Å²) in [5.41, 5.74) is 7.77. The number of methoxy groups -OCH3 is 1. The van der Waals surface area contributed by atoms with Crippen LogP contribution in [-0.2, 0) is 4.79 Å². The van der Waals surface area contributed by atoms with Crippen LogP contribution in [0.5, 0.6) is 11.5 Å². The number of imidazole rings is 1. The molecule has 3 rings (SSSR count). The second kappa shape index (κ2) is 6.29. The number of carbonyl (C=O) groups is 1. The standard InChI is InChI=1S/C16H14BrN3O3/c1-22-13-7-9(6-10(17)15(13)23-8-14(18)21)16-19-11-4-2-3-5-12(11)20-16/h2-7H,8H2,1H3,(H2,18,21)(H,19,20). The first-order chi connectivity index (χ1) is 11.1. The van der Waals surface area contributed by atoms with Crippen molar-refractivity contribution in [1.82, 2.24) is 9.97 Å². The molecule has 6 nitrogen and oxygen atoms in total. The van der Waals surface area contributed by atoms with E-state index < -0.39 is 5.91 Å². The summed E-state index contributed by atoms with van der Waals surface area (Å²) in [7, 11) is 1.53. The second-order valence-corrected chi connectivity index (χ2v) is 5.70. The van der Waals surface area contributed by atoms with Gasteiger partial charge in [0.2, 0.25) is 0 Å². The maximum absolute atomic E-state index is 10.9. The maximum atomic E-state index is 10.9. The first kappa shape index (κ1) is 15.4. The van der Waals surface area contributed by atoms with Crippen LogP contribution in [0.3, 0.4) is 0 Å². The summed E-state index contributed by atoms with van der Waals surface area (Å²) in [4.78, 5) is 18.7. The monoisotopic (exact) mass is 375 g/mol. The second-order valence-electron chi connectivity index (χ2n) is 4.85. The molecule has 1 aromatic heterocycles. The van der Waals surface area contributed by atoms with Crippen molar-refractivity contribution in [3.63, 3.8) is 0 Å². The van der Waals surface area contributed by atoms with Gasteiger partial charge >= 0.3 is 0 Å². The zero-order chi connectivity index (χ0) is 16.4. The van der Waals surface area contributed by atoms with E-state index in [4.69, 9.17) is 15.2 Å². The number of primary amides is 1. The number of fused-ring (bicyclic) bond motifs is 1. The number of rotatable bonds is 5. The van der Waals surface area contributed by atoms with Crippen molar-refractivity contribution in [3.05, 3.63) is 40.9 Å². The fraction of sp³-hybridized carbons (Fsp3) is 0.125. The predicted octanol–water partition coefficient (Wildman–Crippen LogP) is 2.87. The van der Waals surface area contributed by atoms with Crippen LogP contribution in [0.1, 0.15) is 0 Å². The molecule has 0 fully saturated rings. The van der Waals surface area contributed by atoms with Gasteiger partial charge in [0.05, 0.1) is 22.6 Å². The summed E-state index contributed by atoms with van der Waals surface area (Å²) in [6.45, 7) is -0.223. The number of ether oxygens (including phenoxy) is 2. The molecular formula is C16H14BrN3O3. The highest BCUT2D eigenvalue weighted by atomic mass is 79.9. The van der Waals surface area contributed by atoms with Gasteiger partial charge in [-0.15, -0.1) is 0 Å². The van der Waals surface area contributed by atoms with Crippen molar-refractivity contribution < 1.29 is 14.3 Å². The highest BCUT2D eigenvalue weighted by Gasteiger charge is 2.15. The lowest BCUT2D eigenvalue weighted by molar-refractivity contribution is -0.119. The van der Waals surface area contributed by atoms with Crippen molar-refractivity contribution in [1.29, 1.82) is 0 Å². The Morgan fingerprint density at radius 1 is 1.35 bits per heavy atom. The Kier molecular flexibility index (Phi) is 4.20. The Bertz CT molecular complexity index is 843. The number of aromatic amines is 1. The largest absolute Gasteiger partial charge is 0.493 e. The number of nitrogens with zero attached hydrogens (tertiary/aromatic N) is 1. The van der Waals surface area contributed by atoms with Crippen LogP contribution >= 0.6 is 15.9 Å². The van der Waals surface area contributed by atoms with Gasteiger partial charge in [0.1, 0.15) is 5.82 Å². The van der Waals surface area contributed by atoms with Gasteiger partial charge in [0, 0.05) is 5.56 Å². The Morgan fingerprint density at radius 3 is 2.83 bits per heavy atom. The van der Waals surface area contributed by atoms with Gasteiger partial charge in [-0.05, 0) is 40.2 Å². The third-order valence-corrected chi connectivity index (χ3v) is 3.84. The van der Waals surface area contributed by atoms with Gasteiger partial charge < -0.3 is 20.2 Å². The molecule has 3 aromatic rings. The zero-order valence-corrected chi connectivity index (χ0v) is 13.9. The molecule has 0 aliphatic heterocycles. The van der Waals surface area contributed by atoms with E-state index in [9.17, 15) is 4.79 Å². The molecule has 0 atom stereocenters. The number of H-pyrrole nitrogens is 1. The van der Waals surface area contributed by atoms with Crippen LogP contribution in [0.25, 0.3) is 22.4 Å². The fourth-order valence-electron chi connectivity index (χ4n) is 2.23. The molecule has 118 valence electrons. The number of nitrogens with one attached hydrogen (secondary N) is 1. The van der Waals surface area contributed by atoms with Crippen LogP contribution in [0, 0.1) is 0 Å². The number of hydrogen-bond acceptors (Lipinski definition) is 4. The number of nitrogens with two attached hydrogens (primary N) is 1. The minimum Gasteiger partial charge on any atom is -0.493 e. The quantitative estimate of drug-likeness (QED) is 0.717. The van der Waals surface area contributed by atoms with E-state index in [1.807, 2.05) is 30.3 Å². The van der Waals surface area contributed by atoms with Gasteiger partial charge in [-0.1, -0.05) is 12.1 Å². The molecule has 3 N–H and O–H groups in total. The Morgan fingerprint density at radius 2 is 2.13 bits per heavy atom. The average molecular weight is 376 g/mol. The van der Waals surface area contributed by atoms with E-state index >= 15 is 0 Å². The highest BCUT2D eigenvalue weighted by molar-refractivity contribution is 9.10. The fourth-order valence-corrected chi connectivity index (χ4v) is 2.79. The normalized spacial score (nSPS) is 10.7. The van der Waals surface area contributed by atoms with Crippen LogP contribution in [0.15, 0.2) is 40.9 Å². The summed E-state index contributed by atoms with van der Waals surface area (Å²) < 4.78 is 11.4. The minimum absolute atomic E-state index is 0.223. The third kappa shape index (κ3) is 3.14. The van der Waals surface area contributed by atoms with Crippen LogP contribution in [0.2, 0.25) is 0 Å². The van der Waals surface area contributed by atoms with Gasteiger partial charge in [0.15, 0.2) is 18.1 Å². The van der Waals surface area contributed by atoms with Gasteiger partial charge in [-0.2, -0.15) is 0 Å². The number of aromatic nitrogens is 2. The van der Waals surface area contributed by atoms with E-state index in [-0.39, 0.29) is 6.61 Å². The van der Waals surface area contributed by atoms with Crippen molar-refractivity contribution in [3.8, 4) is 22.9 Å². The lowest BCUT2D eigenvalue weighted by Crippen LogP contribution is -2.20. The van der Waals surface area contributed by atoms with Crippen LogP contribution in [0.4, 0.5) is 0 Å². The molecule has 1 amide bonds. The van der Waals surface area contributed by atoms with E-state index in [1.54, 1.807) is 6.07 Å². The van der Waals surface area contributed by atoms with Crippen molar-refractivity contribution in [2.24, 2.45) is 5.73 Å². The topological polar surface area (TPSA) is 90.2 Å². The zero-order valence-electron chi connectivity index (χ0n) is 12.3. The van der Waals surface area contributed by atoms with Crippen LogP contribution < -0.4 is 15.2 Å². The molecule has 2 aromatic carbocycles. The minimum atomic E-state index is -0.555. The molecule has 0 unspecified atom stereocenters. The molecular weight excluding hydrogens is 362 g/mol. The van der Waals surface area contributed by atoms with E-state index in [1.165, 1.54) is 7.11 Å². The van der Waals surface area contributed by atoms with Crippen molar-refractivity contribution in [2.75, 3.05) is 13.7 Å². The smallest absolute Gasteiger partial charge is 0.255 e. The predicted molar refractivity (Wildman–Crippen MR) is 90.5 cm³/mol. The highest BCUT2D eigenvalue weighted by Crippen LogP contribution is 2.39. The average Bonchev–Trinajstić information content (AvgIpc) is 2.96. The Balaban J connectivity index is 2.03. The summed E-state index contributed by atoms with van der Waals surface area (Å²) >= 11 is 3.43. The number of para-hydroxylation sites is 2. The SMILES string of the molecule is COc1cc(-c2nc3ccccc3[nH]2)cc(Br)c1OCC(N)=O. The lowest BCUT2D eigenvalue weighted by Gasteiger charge is -2.12. The third-order valence-electron chi connectivity index (χ3n) is 3.25. The van der Waals surface area contributed by atoms with Crippen molar-refractivity contribution in [2.45, 2.75) is 0 Å². The molecule has 0 aliphatic rings. The van der Waals surface area contributed by atoms with Gasteiger partial charge in [-0.25, -0.2) is 4.98 Å². The number of halogens is 1. The molecule has 23 heavy (non-hydrogen) atoms. The van der Waals surface area contributed by atoms with Crippen molar-refractivity contribution >= 4 is 32.9 Å². The first-order valence-electron chi connectivity index (χ1n) is 6.82. The molecule has 0 aliphatic carbocycles. The number of hydrogen-bond donors (Lipinski definition) is 2. The summed E-state index contributed by atoms with van der Waals surface area (Å²) in [6.07, 6.45) is 0. The van der Waals surface area contributed by atoms with E-state index in [0.29, 0.717) is 21.8 Å². The molecule has 0 radical (unpaired) electrons. The summed E-state index contributed by atoms with van der Waals surface area (Å²) in [6, 6.07) is 11.4. The molecule has 0 saturated carbocycles. The lowest BCUT2D eigenvalue weighted by atomic mass is 10.2. The van der Waals surface area contributed by atoms with Gasteiger partial charge in [-0.3, -0.25) is 4.79 Å².